The van der Waals surface area contributed by atoms with Crippen molar-refractivity contribution in [3.05, 3.63) is 35.4 Å². The van der Waals surface area contributed by atoms with Crippen LogP contribution in [-0.4, -0.2) is 18.0 Å². The molecule has 1 aliphatic rings. The first-order valence-corrected chi connectivity index (χ1v) is 6.01. The van der Waals surface area contributed by atoms with Gasteiger partial charge in [-0.1, -0.05) is 42.7 Å². The van der Waals surface area contributed by atoms with Crippen molar-refractivity contribution in [1.29, 1.82) is 0 Å². The third-order valence-corrected chi connectivity index (χ3v) is 3.50. The maximum absolute atomic E-state index is 2.51. The SMILES string of the molecule is Cc1ccc(CN(C)C2CCCC2)cc1. The Kier molecular flexibility index (Phi) is 3.42. The summed E-state index contributed by atoms with van der Waals surface area (Å²) in [5, 5.41) is 0. The van der Waals surface area contributed by atoms with Gasteiger partial charge in [0.25, 0.3) is 0 Å². The van der Waals surface area contributed by atoms with Crippen LogP contribution in [0.1, 0.15) is 36.8 Å². The lowest BCUT2D eigenvalue weighted by Crippen LogP contribution is -2.28. The number of benzene rings is 1. The molecule has 1 aliphatic carbocycles. The molecule has 0 radical (unpaired) electrons. The molecule has 15 heavy (non-hydrogen) atoms. The second-order valence-corrected chi connectivity index (χ2v) is 4.84. The van der Waals surface area contributed by atoms with Crippen LogP contribution < -0.4 is 0 Å². The van der Waals surface area contributed by atoms with Crippen molar-refractivity contribution < 1.29 is 0 Å². The van der Waals surface area contributed by atoms with Gasteiger partial charge in [-0.2, -0.15) is 0 Å². The zero-order chi connectivity index (χ0) is 10.7. The topological polar surface area (TPSA) is 3.24 Å². The summed E-state index contributed by atoms with van der Waals surface area (Å²) in [5.41, 5.74) is 2.79. The summed E-state index contributed by atoms with van der Waals surface area (Å²) in [6.45, 7) is 3.25. The van der Waals surface area contributed by atoms with Crippen LogP contribution in [0.4, 0.5) is 0 Å². The molecule has 0 saturated heterocycles. The first kappa shape index (κ1) is 10.7. The third kappa shape index (κ3) is 2.82. The lowest BCUT2D eigenvalue weighted by Gasteiger charge is -2.23. The van der Waals surface area contributed by atoms with Gasteiger partial charge in [-0.15, -0.1) is 0 Å². The van der Waals surface area contributed by atoms with Gasteiger partial charge in [0.05, 0.1) is 0 Å². The lowest BCUT2D eigenvalue weighted by atomic mass is 10.1. The number of rotatable bonds is 3. The fourth-order valence-corrected chi connectivity index (χ4v) is 2.46. The van der Waals surface area contributed by atoms with Crippen molar-refractivity contribution in [3.8, 4) is 0 Å². The third-order valence-electron chi connectivity index (χ3n) is 3.50. The van der Waals surface area contributed by atoms with E-state index in [0.29, 0.717) is 0 Å². The number of nitrogens with zero attached hydrogens (tertiary/aromatic N) is 1. The summed E-state index contributed by atoms with van der Waals surface area (Å²) in [6, 6.07) is 9.74. The van der Waals surface area contributed by atoms with Crippen LogP contribution in [-0.2, 0) is 6.54 Å². The molecule has 1 saturated carbocycles. The average molecular weight is 203 g/mol. The van der Waals surface area contributed by atoms with Crippen molar-refractivity contribution >= 4 is 0 Å². The van der Waals surface area contributed by atoms with Crippen LogP contribution in [0.5, 0.6) is 0 Å². The molecule has 0 unspecified atom stereocenters. The second kappa shape index (κ2) is 4.80. The molecule has 0 aromatic heterocycles. The van der Waals surface area contributed by atoms with Crippen molar-refractivity contribution in [3.63, 3.8) is 0 Å². The molecule has 0 heterocycles. The van der Waals surface area contributed by atoms with E-state index in [1.54, 1.807) is 0 Å². The molecule has 0 spiro atoms. The zero-order valence-electron chi connectivity index (χ0n) is 9.87. The van der Waals surface area contributed by atoms with Crippen LogP contribution in [0.25, 0.3) is 0 Å². The van der Waals surface area contributed by atoms with Crippen molar-refractivity contribution in [1.82, 2.24) is 4.90 Å². The van der Waals surface area contributed by atoms with Crippen molar-refractivity contribution in [2.45, 2.75) is 45.2 Å². The number of hydrogen-bond donors (Lipinski definition) is 0. The van der Waals surface area contributed by atoms with Gasteiger partial charge < -0.3 is 0 Å². The van der Waals surface area contributed by atoms with Crippen LogP contribution >= 0.6 is 0 Å². The molecule has 0 bridgehead atoms. The van der Waals surface area contributed by atoms with E-state index in [1.807, 2.05) is 0 Å². The minimum absolute atomic E-state index is 0.825. The Morgan fingerprint density at radius 3 is 2.33 bits per heavy atom. The molecule has 2 rings (SSSR count). The number of hydrogen-bond acceptors (Lipinski definition) is 1. The summed E-state index contributed by atoms with van der Waals surface area (Å²) < 4.78 is 0. The highest BCUT2D eigenvalue weighted by Crippen LogP contribution is 2.23. The maximum atomic E-state index is 2.51. The van der Waals surface area contributed by atoms with Gasteiger partial charge in [-0.3, -0.25) is 4.90 Å². The predicted octanol–water partition coefficient (Wildman–Crippen LogP) is 3.37. The Hall–Kier alpha value is -0.820. The molecule has 1 fully saturated rings. The highest BCUT2D eigenvalue weighted by molar-refractivity contribution is 5.21. The molecular weight excluding hydrogens is 182 g/mol. The molecule has 0 amide bonds. The number of aryl methyl sites for hydroxylation is 1. The van der Waals surface area contributed by atoms with Gasteiger partial charge >= 0.3 is 0 Å². The Labute approximate surface area is 93.1 Å². The van der Waals surface area contributed by atoms with E-state index in [9.17, 15) is 0 Å². The predicted molar refractivity (Wildman–Crippen MR) is 64.9 cm³/mol. The molecule has 1 aromatic rings. The van der Waals surface area contributed by atoms with E-state index >= 15 is 0 Å². The van der Waals surface area contributed by atoms with Gasteiger partial charge in [0.15, 0.2) is 0 Å². The normalized spacial score (nSPS) is 17.5. The maximum Gasteiger partial charge on any atom is 0.0233 e. The first-order valence-electron chi connectivity index (χ1n) is 6.01. The smallest absolute Gasteiger partial charge is 0.0233 e. The van der Waals surface area contributed by atoms with Crippen LogP contribution in [0.2, 0.25) is 0 Å². The summed E-state index contributed by atoms with van der Waals surface area (Å²) in [5.74, 6) is 0. The van der Waals surface area contributed by atoms with E-state index in [1.165, 1.54) is 36.8 Å². The Balaban J connectivity index is 1.92. The molecule has 1 nitrogen and oxygen atoms in total. The highest BCUT2D eigenvalue weighted by Gasteiger charge is 2.19. The zero-order valence-corrected chi connectivity index (χ0v) is 9.87. The van der Waals surface area contributed by atoms with Crippen molar-refractivity contribution in [2.75, 3.05) is 7.05 Å². The molecule has 1 heteroatoms. The van der Waals surface area contributed by atoms with Gasteiger partial charge in [0, 0.05) is 12.6 Å². The minimum atomic E-state index is 0.825. The largest absolute Gasteiger partial charge is 0.299 e. The Morgan fingerprint density at radius 2 is 1.73 bits per heavy atom. The standard InChI is InChI=1S/C14H21N/c1-12-7-9-13(10-8-12)11-15(2)14-5-3-4-6-14/h7-10,14H,3-6,11H2,1-2H3. The lowest BCUT2D eigenvalue weighted by molar-refractivity contribution is 0.237. The minimum Gasteiger partial charge on any atom is -0.299 e. The quantitative estimate of drug-likeness (QED) is 0.728. The highest BCUT2D eigenvalue weighted by atomic mass is 15.1. The monoisotopic (exact) mass is 203 g/mol. The van der Waals surface area contributed by atoms with Gasteiger partial charge in [0.2, 0.25) is 0 Å². The summed E-state index contributed by atoms with van der Waals surface area (Å²) in [6.07, 6.45) is 5.62. The van der Waals surface area contributed by atoms with Gasteiger partial charge in [-0.25, -0.2) is 0 Å². The summed E-state index contributed by atoms with van der Waals surface area (Å²) in [7, 11) is 2.26. The van der Waals surface area contributed by atoms with Crippen molar-refractivity contribution in [2.24, 2.45) is 0 Å². The van der Waals surface area contributed by atoms with E-state index in [-0.39, 0.29) is 0 Å². The van der Waals surface area contributed by atoms with Crippen LogP contribution in [0.15, 0.2) is 24.3 Å². The van der Waals surface area contributed by atoms with E-state index in [4.69, 9.17) is 0 Å². The Bertz CT molecular complexity index is 296. The summed E-state index contributed by atoms with van der Waals surface area (Å²) >= 11 is 0. The van der Waals surface area contributed by atoms with E-state index in [0.717, 1.165) is 12.6 Å². The molecule has 1 aromatic carbocycles. The average Bonchev–Trinajstić information content (AvgIpc) is 2.74. The van der Waals surface area contributed by atoms with E-state index < -0.39 is 0 Å². The second-order valence-electron chi connectivity index (χ2n) is 4.84. The molecule has 0 aliphatic heterocycles. The fourth-order valence-electron chi connectivity index (χ4n) is 2.46. The fraction of sp³-hybridized carbons (Fsp3) is 0.571. The van der Waals surface area contributed by atoms with Gasteiger partial charge in [-0.05, 0) is 32.4 Å². The first-order chi connectivity index (χ1) is 7.25. The van der Waals surface area contributed by atoms with E-state index in [2.05, 4.69) is 43.1 Å². The molecular formula is C14H21N. The molecule has 0 N–H and O–H groups in total. The molecule has 0 atom stereocenters. The van der Waals surface area contributed by atoms with Crippen LogP contribution in [0, 0.1) is 6.92 Å². The molecule has 82 valence electrons. The summed E-state index contributed by atoms with van der Waals surface area (Å²) in [4.78, 5) is 2.51. The van der Waals surface area contributed by atoms with Gasteiger partial charge in [0.1, 0.15) is 0 Å². The van der Waals surface area contributed by atoms with Crippen LogP contribution in [0.3, 0.4) is 0 Å². The Morgan fingerprint density at radius 1 is 1.13 bits per heavy atom.